The Bertz CT molecular complexity index is 518. The highest BCUT2D eigenvalue weighted by Gasteiger charge is 2.25. The first-order chi connectivity index (χ1) is 8.81. The molecule has 1 aromatic rings. The van der Waals surface area contributed by atoms with Gasteiger partial charge in [-0.1, -0.05) is 20.8 Å². The maximum Gasteiger partial charge on any atom is 0.225 e. The number of carbonyl (C=O) groups is 1. The van der Waals surface area contributed by atoms with Gasteiger partial charge < -0.3 is 15.0 Å². The van der Waals surface area contributed by atoms with E-state index >= 15 is 0 Å². The molecule has 2 N–H and O–H groups in total. The molecule has 19 heavy (non-hydrogen) atoms. The highest BCUT2D eigenvalue weighted by molar-refractivity contribution is 5.81. The van der Waals surface area contributed by atoms with Gasteiger partial charge in [-0.25, -0.2) is 0 Å². The maximum atomic E-state index is 12.0. The average Bonchev–Trinajstić information content (AvgIpc) is 2.37. The molecule has 0 aromatic carbocycles. The lowest BCUT2D eigenvalue weighted by atomic mass is 9.89. The van der Waals surface area contributed by atoms with Crippen LogP contribution in [0.1, 0.15) is 38.4 Å². The summed E-state index contributed by atoms with van der Waals surface area (Å²) in [6, 6.07) is 1.39. The summed E-state index contributed by atoms with van der Waals surface area (Å²) in [6.45, 7) is 7.75. The molecule has 0 atom stereocenters. The van der Waals surface area contributed by atoms with Gasteiger partial charge in [-0.2, -0.15) is 0 Å². The van der Waals surface area contributed by atoms with Crippen molar-refractivity contribution in [3.8, 4) is 5.88 Å². The van der Waals surface area contributed by atoms with Crippen LogP contribution in [0.25, 0.3) is 0 Å². The van der Waals surface area contributed by atoms with E-state index in [1.165, 1.54) is 13.2 Å². The molecule has 0 radical (unpaired) electrons. The van der Waals surface area contributed by atoms with Crippen LogP contribution in [0, 0.1) is 12.3 Å². The number of hydrogen-bond acceptors (Lipinski definition) is 3. The van der Waals surface area contributed by atoms with Gasteiger partial charge in [0.15, 0.2) is 11.3 Å². The summed E-state index contributed by atoms with van der Waals surface area (Å²) in [5.74, 6) is 0.371. The van der Waals surface area contributed by atoms with E-state index in [-0.39, 0.29) is 17.9 Å². The predicted octanol–water partition coefficient (Wildman–Crippen LogP) is 1.74. The minimum atomic E-state index is -0.423. The van der Waals surface area contributed by atoms with Crippen molar-refractivity contribution in [2.75, 3.05) is 7.11 Å². The minimum Gasteiger partial charge on any atom is -0.482 e. The first kappa shape index (κ1) is 15.3. The van der Waals surface area contributed by atoms with Crippen molar-refractivity contribution in [2.24, 2.45) is 5.41 Å². The molecule has 1 heterocycles. The Kier molecular flexibility index (Phi) is 4.75. The zero-order chi connectivity index (χ0) is 14.6. The molecular formula is C14H22N2O3. The fraction of sp³-hybridized carbons (Fsp3) is 0.571. The summed E-state index contributed by atoms with van der Waals surface area (Å²) in [5.41, 5.74) is 0.704. The van der Waals surface area contributed by atoms with Crippen molar-refractivity contribution < 1.29 is 9.53 Å². The number of carbonyl (C=O) groups excluding carboxylic acids is 1. The Morgan fingerprint density at radius 2 is 2.11 bits per heavy atom. The summed E-state index contributed by atoms with van der Waals surface area (Å²) >= 11 is 0. The molecule has 0 saturated carbocycles. The average molecular weight is 266 g/mol. The monoisotopic (exact) mass is 266 g/mol. The second-order valence-corrected chi connectivity index (χ2v) is 5.23. The van der Waals surface area contributed by atoms with Crippen molar-refractivity contribution in [1.82, 2.24) is 10.3 Å². The summed E-state index contributed by atoms with van der Waals surface area (Å²) in [5, 5.41) is 2.81. The second kappa shape index (κ2) is 5.91. The van der Waals surface area contributed by atoms with Crippen LogP contribution in [0.4, 0.5) is 0 Å². The number of H-pyrrole nitrogens is 1. The first-order valence-electron chi connectivity index (χ1n) is 6.37. The van der Waals surface area contributed by atoms with Crippen LogP contribution in [0.5, 0.6) is 5.88 Å². The summed E-state index contributed by atoms with van der Waals surface area (Å²) in [6.07, 6.45) is 0.747. The first-order valence-corrected chi connectivity index (χ1v) is 6.37. The Hall–Kier alpha value is -1.78. The Balaban J connectivity index is 2.85. The number of pyridine rings is 1. The lowest BCUT2D eigenvalue weighted by Crippen LogP contribution is -2.37. The van der Waals surface area contributed by atoms with Gasteiger partial charge in [0.1, 0.15) is 0 Å². The molecule has 1 aromatic heterocycles. The Labute approximate surface area is 113 Å². The van der Waals surface area contributed by atoms with Crippen LogP contribution in [0.15, 0.2) is 10.9 Å². The van der Waals surface area contributed by atoms with Crippen LogP contribution < -0.4 is 15.5 Å². The van der Waals surface area contributed by atoms with E-state index in [0.29, 0.717) is 17.1 Å². The van der Waals surface area contributed by atoms with Gasteiger partial charge >= 0.3 is 0 Å². The molecule has 0 aliphatic rings. The quantitative estimate of drug-likeness (QED) is 0.852. The summed E-state index contributed by atoms with van der Waals surface area (Å²) in [7, 11) is 1.50. The standard InChI is InChI=1S/C14H22N2O3/c1-6-14(3,4)13(18)15-8-10-9(2)16-12(19-5)7-11(10)17/h7H,6,8H2,1-5H3,(H,15,18)(H,16,17). The smallest absolute Gasteiger partial charge is 0.225 e. The maximum absolute atomic E-state index is 12.0. The van der Waals surface area contributed by atoms with E-state index in [1.54, 1.807) is 6.92 Å². The van der Waals surface area contributed by atoms with Crippen molar-refractivity contribution >= 4 is 5.91 Å². The fourth-order valence-electron chi connectivity index (χ4n) is 1.59. The van der Waals surface area contributed by atoms with Gasteiger partial charge in [-0.05, 0) is 13.3 Å². The van der Waals surface area contributed by atoms with Gasteiger partial charge in [-0.3, -0.25) is 9.59 Å². The van der Waals surface area contributed by atoms with Crippen molar-refractivity contribution in [2.45, 2.75) is 40.7 Å². The van der Waals surface area contributed by atoms with E-state index in [2.05, 4.69) is 10.3 Å². The van der Waals surface area contributed by atoms with Crippen molar-refractivity contribution in [3.05, 3.63) is 27.5 Å². The molecule has 0 saturated heterocycles. The second-order valence-electron chi connectivity index (χ2n) is 5.23. The third-order valence-electron chi connectivity index (χ3n) is 3.47. The van der Waals surface area contributed by atoms with E-state index in [0.717, 1.165) is 6.42 Å². The molecule has 1 amide bonds. The molecule has 0 spiro atoms. The van der Waals surface area contributed by atoms with Crippen LogP contribution in [-0.2, 0) is 11.3 Å². The van der Waals surface area contributed by atoms with Crippen LogP contribution >= 0.6 is 0 Å². The highest BCUT2D eigenvalue weighted by atomic mass is 16.5. The molecule has 0 fully saturated rings. The lowest BCUT2D eigenvalue weighted by molar-refractivity contribution is -0.129. The highest BCUT2D eigenvalue weighted by Crippen LogP contribution is 2.19. The zero-order valence-corrected chi connectivity index (χ0v) is 12.2. The number of aromatic nitrogens is 1. The third kappa shape index (κ3) is 3.59. The SMILES string of the molecule is CCC(C)(C)C(=O)NCc1c(C)[nH]c(OC)cc1=O. The molecule has 0 aliphatic carbocycles. The number of aromatic amines is 1. The van der Waals surface area contributed by atoms with Crippen LogP contribution in [0.2, 0.25) is 0 Å². The number of aryl methyl sites for hydroxylation is 1. The van der Waals surface area contributed by atoms with Gasteiger partial charge in [0.25, 0.3) is 0 Å². The van der Waals surface area contributed by atoms with Gasteiger partial charge in [0.2, 0.25) is 5.91 Å². The van der Waals surface area contributed by atoms with E-state index in [1.807, 2.05) is 20.8 Å². The fourth-order valence-corrected chi connectivity index (χ4v) is 1.59. The normalized spacial score (nSPS) is 11.2. The van der Waals surface area contributed by atoms with E-state index in [9.17, 15) is 9.59 Å². The number of nitrogens with one attached hydrogen (secondary N) is 2. The Morgan fingerprint density at radius 3 is 2.58 bits per heavy atom. The van der Waals surface area contributed by atoms with Gasteiger partial charge in [0, 0.05) is 29.3 Å². The molecular weight excluding hydrogens is 244 g/mol. The van der Waals surface area contributed by atoms with Gasteiger partial charge in [-0.15, -0.1) is 0 Å². The molecule has 1 rings (SSSR count). The van der Waals surface area contributed by atoms with Crippen LogP contribution in [-0.4, -0.2) is 18.0 Å². The molecule has 0 aliphatic heterocycles. The largest absolute Gasteiger partial charge is 0.482 e. The number of rotatable bonds is 5. The van der Waals surface area contributed by atoms with E-state index in [4.69, 9.17) is 4.74 Å². The third-order valence-corrected chi connectivity index (χ3v) is 3.47. The predicted molar refractivity (Wildman–Crippen MR) is 74.3 cm³/mol. The molecule has 0 bridgehead atoms. The number of amides is 1. The lowest BCUT2D eigenvalue weighted by Gasteiger charge is -2.21. The molecule has 0 unspecified atom stereocenters. The topological polar surface area (TPSA) is 71.2 Å². The number of ether oxygens (including phenoxy) is 1. The minimum absolute atomic E-state index is 0.0513. The molecule has 5 heteroatoms. The zero-order valence-electron chi connectivity index (χ0n) is 12.2. The summed E-state index contributed by atoms with van der Waals surface area (Å²) < 4.78 is 4.99. The Morgan fingerprint density at radius 1 is 1.47 bits per heavy atom. The van der Waals surface area contributed by atoms with Gasteiger partial charge in [0.05, 0.1) is 7.11 Å². The van der Waals surface area contributed by atoms with E-state index < -0.39 is 5.41 Å². The molecule has 106 valence electrons. The van der Waals surface area contributed by atoms with Crippen LogP contribution in [0.3, 0.4) is 0 Å². The molecule has 5 nitrogen and oxygen atoms in total. The van der Waals surface area contributed by atoms with Crippen molar-refractivity contribution in [1.29, 1.82) is 0 Å². The summed E-state index contributed by atoms with van der Waals surface area (Å²) in [4.78, 5) is 26.8. The number of methoxy groups -OCH3 is 1. The number of hydrogen-bond donors (Lipinski definition) is 2. The van der Waals surface area contributed by atoms with Crippen molar-refractivity contribution in [3.63, 3.8) is 0 Å².